The SMILES string of the molecule is CC(C)N1C=CN(C(C)C)[CH-]1.CC(C)N1C=CN(C(C)C)[CH-]1.[Cl][Ru]([Cl])=[CH]c1ccccc1. The molecule has 184 valence electrons. The molecule has 2 aliphatic heterocycles. The summed E-state index contributed by atoms with van der Waals surface area (Å²) in [6.45, 7) is 21.8. The zero-order valence-electron chi connectivity index (χ0n) is 20.6. The third kappa shape index (κ3) is 11.2. The van der Waals surface area contributed by atoms with Crippen molar-refractivity contribution in [2.75, 3.05) is 0 Å². The van der Waals surface area contributed by atoms with Crippen LogP contribution in [0.25, 0.3) is 0 Å². The van der Waals surface area contributed by atoms with Gasteiger partial charge in [0, 0.05) is 0 Å². The maximum absolute atomic E-state index is 5.67. The fourth-order valence-corrected chi connectivity index (χ4v) is 4.43. The Morgan fingerprint density at radius 3 is 1.16 bits per heavy atom. The van der Waals surface area contributed by atoms with Crippen LogP contribution < -0.4 is 0 Å². The zero-order chi connectivity index (χ0) is 24.3. The van der Waals surface area contributed by atoms with Crippen molar-refractivity contribution in [3.05, 3.63) is 74.0 Å². The van der Waals surface area contributed by atoms with E-state index in [0.717, 1.165) is 5.56 Å². The van der Waals surface area contributed by atoms with E-state index >= 15 is 0 Å². The Bertz CT molecular complexity index is 661. The predicted molar refractivity (Wildman–Crippen MR) is 138 cm³/mol. The van der Waals surface area contributed by atoms with Gasteiger partial charge in [-0.25, -0.2) is 0 Å². The van der Waals surface area contributed by atoms with Gasteiger partial charge in [-0.2, -0.15) is 13.3 Å². The minimum absolute atomic E-state index is 0.565. The molecular weight excluding hydrogens is 528 g/mol. The van der Waals surface area contributed by atoms with Gasteiger partial charge in [-0.3, -0.25) is 0 Å². The molecule has 0 spiro atoms. The van der Waals surface area contributed by atoms with Crippen molar-refractivity contribution in [3.8, 4) is 0 Å². The predicted octanol–water partition coefficient (Wildman–Crippen LogP) is 6.79. The van der Waals surface area contributed by atoms with Crippen LogP contribution in [0.2, 0.25) is 0 Å². The molecule has 0 saturated carbocycles. The van der Waals surface area contributed by atoms with Gasteiger partial charge in [-0.1, -0.05) is 0 Å². The van der Waals surface area contributed by atoms with Crippen LogP contribution in [0.3, 0.4) is 0 Å². The molecule has 0 fully saturated rings. The Kier molecular flexibility index (Phi) is 13.6. The van der Waals surface area contributed by atoms with Crippen LogP contribution >= 0.6 is 19.4 Å². The van der Waals surface area contributed by atoms with E-state index in [1.54, 1.807) is 0 Å². The van der Waals surface area contributed by atoms with Crippen LogP contribution in [0, 0.1) is 13.3 Å². The Hall–Kier alpha value is -1.03. The molecule has 7 heteroatoms. The van der Waals surface area contributed by atoms with Crippen LogP contribution in [-0.2, 0) is 13.5 Å². The van der Waals surface area contributed by atoms with Crippen molar-refractivity contribution < 1.29 is 13.5 Å². The van der Waals surface area contributed by atoms with E-state index in [0.29, 0.717) is 24.2 Å². The first kappa shape index (κ1) is 29.0. The van der Waals surface area contributed by atoms with Gasteiger partial charge < -0.3 is 19.6 Å². The monoisotopic (exact) mass is 568 g/mol. The molecule has 3 rings (SSSR count). The van der Waals surface area contributed by atoms with Crippen molar-refractivity contribution in [1.29, 1.82) is 0 Å². The molecule has 4 nitrogen and oxygen atoms in total. The van der Waals surface area contributed by atoms with Crippen LogP contribution in [0.15, 0.2) is 55.1 Å². The van der Waals surface area contributed by atoms with Crippen molar-refractivity contribution in [3.63, 3.8) is 0 Å². The molecule has 0 N–H and O–H groups in total. The molecule has 0 aromatic heterocycles. The summed E-state index contributed by atoms with van der Waals surface area (Å²) in [7, 11) is 11.3. The fraction of sp³-hybridized carbons (Fsp3) is 0.480. The molecule has 1 aromatic rings. The minimum atomic E-state index is -1.61. The van der Waals surface area contributed by atoms with Gasteiger partial charge in [0.2, 0.25) is 0 Å². The summed E-state index contributed by atoms with van der Waals surface area (Å²) in [5.74, 6) is 0. The topological polar surface area (TPSA) is 13.0 Å². The quantitative estimate of drug-likeness (QED) is 0.287. The summed E-state index contributed by atoms with van der Waals surface area (Å²) in [6, 6.07) is 12.2. The Balaban J connectivity index is 0.000000240. The van der Waals surface area contributed by atoms with Crippen LogP contribution in [-0.4, -0.2) is 48.4 Å². The molecule has 2 aliphatic rings. The molecule has 0 amide bonds. The van der Waals surface area contributed by atoms with Gasteiger partial charge in [0.25, 0.3) is 0 Å². The van der Waals surface area contributed by atoms with Crippen molar-refractivity contribution in [1.82, 2.24) is 19.6 Å². The summed E-state index contributed by atoms with van der Waals surface area (Å²) >= 11 is -1.61. The van der Waals surface area contributed by atoms with Gasteiger partial charge in [-0.15, -0.1) is 0 Å². The summed E-state index contributed by atoms with van der Waals surface area (Å²) in [6.07, 6.45) is 8.46. The van der Waals surface area contributed by atoms with Crippen LogP contribution in [0.5, 0.6) is 0 Å². The van der Waals surface area contributed by atoms with E-state index in [1.807, 2.05) is 34.9 Å². The molecule has 2 heterocycles. The second-order valence-electron chi connectivity index (χ2n) is 8.71. The molecule has 0 saturated heterocycles. The average Bonchev–Trinajstić information content (AvgIpc) is 3.40. The average molecular weight is 569 g/mol. The van der Waals surface area contributed by atoms with E-state index in [1.165, 1.54) is 0 Å². The number of rotatable bonds is 5. The standard InChI is InChI=1S/2C9H17N2.C7H6.2ClH.Ru/c2*1-8(2)10-5-6-11(7-10)9(3)4;1-7-5-3-2-4-6-7;;;/h2*5-9H,1-4H3;1-6H;2*1H;/q2*-1;;;;+2/p-2. The summed E-state index contributed by atoms with van der Waals surface area (Å²) in [5, 5.41) is 0. The molecule has 0 radical (unpaired) electrons. The van der Waals surface area contributed by atoms with Crippen molar-refractivity contribution >= 4 is 24.0 Å². The normalized spacial score (nSPS) is 15.5. The van der Waals surface area contributed by atoms with Crippen LogP contribution in [0.1, 0.15) is 61.0 Å². The number of nitrogens with zero attached hydrogens (tertiary/aromatic N) is 4. The zero-order valence-corrected chi connectivity index (χ0v) is 23.9. The van der Waals surface area contributed by atoms with E-state index in [2.05, 4.69) is 113 Å². The molecule has 0 atom stereocenters. The van der Waals surface area contributed by atoms with Gasteiger partial charge in [0.1, 0.15) is 0 Å². The van der Waals surface area contributed by atoms with Gasteiger partial charge in [0.05, 0.1) is 0 Å². The van der Waals surface area contributed by atoms with E-state index in [-0.39, 0.29) is 0 Å². The molecular formula is C25H40Cl2N4Ru-2. The summed E-state index contributed by atoms with van der Waals surface area (Å²) in [5.41, 5.74) is 1.12. The Morgan fingerprint density at radius 2 is 0.938 bits per heavy atom. The Labute approximate surface area is 210 Å². The van der Waals surface area contributed by atoms with Gasteiger partial charge >= 0.3 is 73.4 Å². The number of hydrogen-bond acceptors (Lipinski definition) is 4. The fourth-order valence-electron chi connectivity index (χ4n) is 2.60. The summed E-state index contributed by atoms with van der Waals surface area (Å²) in [4.78, 5) is 8.83. The third-order valence-corrected chi connectivity index (χ3v) is 6.61. The molecule has 0 aliphatic carbocycles. The number of benzene rings is 1. The van der Waals surface area contributed by atoms with E-state index in [4.69, 9.17) is 19.4 Å². The molecule has 1 aromatic carbocycles. The van der Waals surface area contributed by atoms with E-state index in [9.17, 15) is 0 Å². The first-order valence-electron chi connectivity index (χ1n) is 11.1. The second-order valence-corrected chi connectivity index (χ2v) is 14.4. The van der Waals surface area contributed by atoms with Crippen LogP contribution in [0.4, 0.5) is 0 Å². The van der Waals surface area contributed by atoms with Gasteiger partial charge in [-0.05, 0) is 104 Å². The first-order valence-corrected chi connectivity index (χ1v) is 16.5. The van der Waals surface area contributed by atoms with Gasteiger partial charge in [0.15, 0.2) is 0 Å². The first-order chi connectivity index (χ1) is 15.0. The molecule has 0 bridgehead atoms. The Morgan fingerprint density at radius 1 is 0.625 bits per heavy atom. The number of halogens is 2. The molecule has 0 unspecified atom stereocenters. The number of hydrogen-bond donors (Lipinski definition) is 0. The van der Waals surface area contributed by atoms with Crippen molar-refractivity contribution in [2.45, 2.75) is 79.6 Å². The third-order valence-electron chi connectivity index (χ3n) is 4.73. The molecule has 32 heavy (non-hydrogen) atoms. The van der Waals surface area contributed by atoms with Crippen molar-refractivity contribution in [2.24, 2.45) is 0 Å². The second kappa shape index (κ2) is 15.0. The maximum atomic E-state index is 5.67. The van der Waals surface area contributed by atoms with E-state index < -0.39 is 13.5 Å². The summed E-state index contributed by atoms with van der Waals surface area (Å²) < 4.78 is 1.92.